The van der Waals surface area contributed by atoms with Crippen LogP contribution < -0.4 is 5.32 Å². The second kappa shape index (κ2) is 5.87. The highest BCUT2D eigenvalue weighted by atomic mass is 16.4. The molecule has 2 fully saturated rings. The Morgan fingerprint density at radius 3 is 2.62 bits per heavy atom. The van der Waals surface area contributed by atoms with E-state index in [1.807, 2.05) is 6.07 Å². The molecular weight excluding hydrogens is 322 g/mol. The first-order valence-electron chi connectivity index (χ1n) is 9.89. The van der Waals surface area contributed by atoms with E-state index in [4.69, 9.17) is 0 Å². The highest BCUT2D eigenvalue weighted by Crippen LogP contribution is 2.63. The number of aryl methyl sites for hydroxylation is 1. The monoisotopic (exact) mass is 347 g/mol. The molecule has 1 heterocycles. The number of carbonyl (C=O) groups is 1. The van der Waals surface area contributed by atoms with Gasteiger partial charge >= 0.3 is 5.97 Å². The Bertz CT molecular complexity index is 857. The van der Waals surface area contributed by atoms with Crippen LogP contribution in [-0.4, -0.2) is 11.1 Å². The summed E-state index contributed by atoms with van der Waals surface area (Å²) in [5.74, 6) is 1.72. The first kappa shape index (κ1) is 15.9. The highest BCUT2D eigenvalue weighted by molar-refractivity contribution is 5.95. The van der Waals surface area contributed by atoms with Crippen molar-refractivity contribution in [2.75, 3.05) is 5.32 Å². The summed E-state index contributed by atoms with van der Waals surface area (Å²) >= 11 is 0. The van der Waals surface area contributed by atoms with Crippen LogP contribution in [0.15, 0.2) is 42.5 Å². The second-order valence-corrected chi connectivity index (χ2v) is 8.23. The molecule has 2 aliphatic carbocycles. The third kappa shape index (κ3) is 2.22. The van der Waals surface area contributed by atoms with E-state index in [0.717, 1.165) is 18.0 Å². The number of para-hydroxylation sites is 1. The zero-order valence-electron chi connectivity index (χ0n) is 15.1. The van der Waals surface area contributed by atoms with Crippen molar-refractivity contribution < 1.29 is 9.90 Å². The van der Waals surface area contributed by atoms with Crippen LogP contribution in [0.2, 0.25) is 0 Å². The lowest BCUT2D eigenvalue weighted by molar-refractivity contribution is 0.0697. The van der Waals surface area contributed by atoms with Gasteiger partial charge in [0.15, 0.2) is 0 Å². The minimum atomic E-state index is -0.837. The first-order chi connectivity index (χ1) is 12.7. The maximum atomic E-state index is 11.8. The van der Waals surface area contributed by atoms with E-state index in [1.54, 1.807) is 6.07 Å². The number of hydrogen-bond acceptors (Lipinski definition) is 2. The normalized spacial score (nSPS) is 31.2. The van der Waals surface area contributed by atoms with Crippen LogP contribution in [0.5, 0.6) is 0 Å². The number of benzene rings is 2. The molecule has 0 spiro atoms. The Hall–Kier alpha value is -2.29. The van der Waals surface area contributed by atoms with Crippen LogP contribution in [-0.2, 0) is 6.42 Å². The van der Waals surface area contributed by atoms with E-state index in [-0.39, 0.29) is 6.04 Å². The molecule has 0 saturated heterocycles. The molecule has 2 aromatic carbocycles. The van der Waals surface area contributed by atoms with Gasteiger partial charge in [-0.2, -0.15) is 0 Å². The molecule has 1 aliphatic heterocycles. The maximum absolute atomic E-state index is 11.8. The lowest BCUT2D eigenvalue weighted by Crippen LogP contribution is -2.36. The van der Waals surface area contributed by atoms with Crippen molar-refractivity contribution in [3.63, 3.8) is 0 Å². The SMILES string of the molecule is CCc1ccc([C@@H]2Nc3c(C(=O)O)cccc3[C@H]3[C@H]4CC[C@@H](C4)[C@H]32)cc1. The van der Waals surface area contributed by atoms with Gasteiger partial charge in [-0.1, -0.05) is 43.3 Å². The smallest absolute Gasteiger partial charge is 0.337 e. The van der Waals surface area contributed by atoms with Crippen LogP contribution in [0.25, 0.3) is 0 Å². The predicted molar refractivity (Wildman–Crippen MR) is 103 cm³/mol. The van der Waals surface area contributed by atoms with Crippen molar-refractivity contribution in [3.05, 3.63) is 64.7 Å². The average molecular weight is 347 g/mol. The summed E-state index contributed by atoms with van der Waals surface area (Å²) in [7, 11) is 0. The van der Waals surface area contributed by atoms with Gasteiger partial charge in [-0.25, -0.2) is 4.79 Å². The molecule has 3 heteroatoms. The van der Waals surface area contributed by atoms with Crippen LogP contribution >= 0.6 is 0 Å². The molecule has 2 bridgehead atoms. The largest absolute Gasteiger partial charge is 0.478 e. The summed E-state index contributed by atoms with van der Waals surface area (Å²) in [6.07, 6.45) is 4.97. The molecule has 2 N–H and O–H groups in total. The standard InChI is InChI=1S/C23H25NO2/c1-2-13-6-8-14(9-7-13)21-20-16-11-10-15(12-16)19(20)17-4-3-5-18(23(25)26)22(17)24-21/h3-9,15-16,19-21,24H,2,10-12H2,1H3,(H,25,26)/t15-,16-,19+,20+,21-/m0/s1. The highest BCUT2D eigenvalue weighted by Gasteiger charge is 2.54. The lowest BCUT2D eigenvalue weighted by Gasteiger charge is -2.44. The molecule has 0 aromatic heterocycles. The lowest BCUT2D eigenvalue weighted by atomic mass is 9.67. The predicted octanol–water partition coefficient (Wildman–Crippen LogP) is 5.24. The van der Waals surface area contributed by atoms with Crippen molar-refractivity contribution >= 4 is 11.7 Å². The zero-order valence-corrected chi connectivity index (χ0v) is 15.1. The van der Waals surface area contributed by atoms with Crippen molar-refractivity contribution in [1.29, 1.82) is 0 Å². The van der Waals surface area contributed by atoms with Crippen molar-refractivity contribution in [2.24, 2.45) is 17.8 Å². The molecule has 134 valence electrons. The van der Waals surface area contributed by atoms with Gasteiger partial charge in [0.1, 0.15) is 0 Å². The van der Waals surface area contributed by atoms with Gasteiger partial charge in [0.2, 0.25) is 0 Å². The van der Waals surface area contributed by atoms with Crippen LogP contribution in [0.3, 0.4) is 0 Å². The summed E-state index contributed by atoms with van der Waals surface area (Å²) in [6.45, 7) is 2.18. The van der Waals surface area contributed by atoms with E-state index < -0.39 is 5.97 Å². The summed E-state index contributed by atoms with van der Waals surface area (Å²) in [5, 5.41) is 13.4. The van der Waals surface area contributed by atoms with Gasteiger partial charge in [0, 0.05) is 0 Å². The van der Waals surface area contributed by atoms with Crippen molar-refractivity contribution in [1.82, 2.24) is 0 Å². The van der Waals surface area contributed by atoms with E-state index in [0.29, 0.717) is 23.3 Å². The van der Waals surface area contributed by atoms with E-state index >= 15 is 0 Å². The Labute approximate surface area is 154 Å². The Morgan fingerprint density at radius 2 is 1.88 bits per heavy atom. The molecule has 3 aliphatic rings. The fraction of sp³-hybridized carbons (Fsp3) is 0.435. The van der Waals surface area contributed by atoms with Gasteiger partial charge in [-0.15, -0.1) is 0 Å². The molecule has 3 nitrogen and oxygen atoms in total. The number of carboxylic acid groups (broad SMARTS) is 1. The molecule has 0 unspecified atom stereocenters. The fourth-order valence-corrected chi connectivity index (χ4v) is 5.98. The quantitative estimate of drug-likeness (QED) is 0.798. The van der Waals surface area contributed by atoms with E-state index in [9.17, 15) is 9.90 Å². The van der Waals surface area contributed by atoms with Crippen LogP contribution in [0.4, 0.5) is 5.69 Å². The molecule has 0 radical (unpaired) electrons. The average Bonchev–Trinajstić information content (AvgIpc) is 3.29. The van der Waals surface area contributed by atoms with Gasteiger partial charge in [0.05, 0.1) is 17.3 Å². The first-order valence-corrected chi connectivity index (χ1v) is 9.89. The number of carboxylic acids is 1. The van der Waals surface area contributed by atoms with Gasteiger partial charge < -0.3 is 10.4 Å². The van der Waals surface area contributed by atoms with Crippen LogP contribution in [0.1, 0.15) is 65.2 Å². The summed E-state index contributed by atoms with van der Waals surface area (Å²) in [5.41, 5.74) is 5.16. The molecule has 5 rings (SSSR count). The van der Waals surface area contributed by atoms with Gasteiger partial charge in [-0.05, 0) is 72.1 Å². The molecular formula is C23H25NO2. The molecule has 5 atom stereocenters. The molecule has 0 amide bonds. The Morgan fingerprint density at radius 1 is 1.12 bits per heavy atom. The second-order valence-electron chi connectivity index (χ2n) is 8.23. The number of rotatable bonds is 3. The fourth-order valence-electron chi connectivity index (χ4n) is 5.98. The number of aromatic carboxylic acids is 1. The van der Waals surface area contributed by atoms with E-state index in [2.05, 4.69) is 42.6 Å². The maximum Gasteiger partial charge on any atom is 0.337 e. The summed E-state index contributed by atoms with van der Waals surface area (Å²) < 4.78 is 0. The van der Waals surface area contributed by atoms with E-state index in [1.165, 1.54) is 36.0 Å². The molecule has 2 aromatic rings. The third-order valence-corrected chi connectivity index (χ3v) is 7.10. The summed E-state index contributed by atoms with van der Waals surface area (Å²) in [6, 6.07) is 15.0. The minimum absolute atomic E-state index is 0.217. The minimum Gasteiger partial charge on any atom is -0.478 e. The zero-order chi connectivity index (χ0) is 17.8. The molecule has 2 saturated carbocycles. The molecule has 26 heavy (non-hydrogen) atoms. The third-order valence-electron chi connectivity index (χ3n) is 7.10. The van der Waals surface area contributed by atoms with Crippen molar-refractivity contribution in [2.45, 2.75) is 44.6 Å². The van der Waals surface area contributed by atoms with Gasteiger partial charge in [0.25, 0.3) is 0 Å². The van der Waals surface area contributed by atoms with Crippen molar-refractivity contribution in [3.8, 4) is 0 Å². The summed E-state index contributed by atoms with van der Waals surface area (Å²) in [4.78, 5) is 11.8. The topological polar surface area (TPSA) is 49.3 Å². The Kier molecular flexibility index (Phi) is 3.59. The van der Waals surface area contributed by atoms with Gasteiger partial charge in [-0.3, -0.25) is 0 Å². The number of hydrogen-bond donors (Lipinski definition) is 2. The number of nitrogens with one attached hydrogen (secondary N) is 1. The van der Waals surface area contributed by atoms with Crippen LogP contribution in [0, 0.1) is 17.8 Å². The number of fused-ring (bicyclic) bond motifs is 7. The number of anilines is 1. The Balaban J connectivity index is 1.64.